The van der Waals surface area contributed by atoms with Gasteiger partial charge < -0.3 is 14.6 Å². The van der Waals surface area contributed by atoms with Gasteiger partial charge in [0.2, 0.25) is 0 Å². The molecular weight excluding hydrogens is 327 g/mol. The quantitative estimate of drug-likeness (QED) is 0.707. The molecule has 0 radical (unpaired) electrons. The van der Waals surface area contributed by atoms with Gasteiger partial charge in [0.05, 0.1) is 16.1 Å². The smallest absolute Gasteiger partial charge is 0.142 e. The highest BCUT2D eigenvalue weighted by atomic mass is 35.5. The average molecular weight is 343 g/mol. The van der Waals surface area contributed by atoms with Gasteiger partial charge in [-0.05, 0) is 49.2 Å². The molecule has 0 atom stereocenters. The predicted molar refractivity (Wildman–Crippen MR) is 92.5 cm³/mol. The lowest BCUT2D eigenvalue weighted by molar-refractivity contribution is 0.267. The molecule has 0 saturated heterocycles. The van der Waals surface area contributed by atoms with E-state index in [1.165, 1.54) is 6.07 Å². The monoisotopic (exact) mass is 342 g/mol. The Bertz CT molecular complexity index is 961. The highest BCUT2D eigenvalue weighted by Crippen LogP contribution is 2.41. The Morgan fingerprint density at radius 3 is 2.88 bits per heavy atom. The molecule has 1 fully saturated rings. The normalized spacial score (nSPS) is 18.2. The van der Waals surface area contributed by atoms with Crippen molar-refractivity contribution in [3.8, 4) is 11.4 Å². The molecular formula is C19H16ClFN2O. The number of aromatic nitrogens is 1. The van der Waals surface area contributed by atoms with Gasteiger partial charge in [-0.1, -0.05) is 11.6 Å². The van der Waals surface area contributed by atoms with Crippen molar-refractivity contribution in [3.63, 3.8) is 0 Å². The van der Waals surface area contributed by atoms with Crippen molar-refractivity contribution in [2.45, 2.75) is 24.9 Å². The van der Waals surface area contributed by atoms with Crippen molar-refractivity contribution >= 4 is 22.5 Å². The molecule has 5 rings (SSSR count). The molecule has 24 heavy (non-hydrogen) atoms. The number of nitrogens with one attached hydrogen (secondary N) is 1. The van der Waals surface area contributed by atoms with Gasteiger partial charge in [-0.2, -0.15) is 0 Å². The van der Waals surface area contributed by atoms with Gasteiger partial charge in [-0.3, -0.25) is 0 Å². The molecule has 2 heterocycles. The van der Waals surface area contributed by atoms with E-state index < -0.39 is 0 Å². The minimum Gasteiger partial charge on any atom is -0.490 e. The molecule has 1 aromatic heterocycles. The second kappa shape index (κ2) is 4.98. The van der Waals surface area contributed by atoms with Crippen LogP contribution in [0.3, 0.4) is 0 Å². The fourth-order valence-electron chi connectivity index (χ4n) is 3.42. The third kappa shape index (κ3) is 2.21. The third-order valence-electron chi connectivity index (χ3n) is 5.04. The van der Waals surface area contributed by atoms with E-state index in [1.807, 2.05) is 22.9 Å². The number of rotatable bonds is 1. The lowest BCUT2D eigenvalue weighted by Crippen LogP contribution is -2.34. The summed E-state index contributed by atoms with van der Waals surface area (Å²) in [5.41, 5.74) is 3.11. The van der Waals surface area contributed by atoms with Crippen LogP contribution in [-0.4, -0.2) is 16.7 Å². The summed E-state index contributed by atoms with van der Waals surface area (Å²) in [6, 6.07) is 10.7. The van der Waals surface area contributed by atoms with Crippen LogP contribution < -0.4 is 10.1 Å². The van der Waals surface area contributed by atoms with E-state index in [0.717, 1.165) is 47.3 Å². The molecule has 5 heteroatoms. The summed E-state index contributed by atoms with van der Waals surface area (Å²) in [5.74, 6) is 0.548. The van der Waals surface area contributed by atoms with Gasteiger partial charge in [-0.25, -0.2) is 4.39 Å². The van der Waals surface area contributed by atoms with E-state index in [0.29, 0.717) is 11.6 Å². The molecule has 3 aromatic rings. The van der Waals surface area contributed by atoms with E-state index >= 15 is 0 Å². The number of halogens is 2. The van der Waals surface area contributed by atoms with E-state index in [2.05, 4.69) is 11.4 Å². The van der Waals surface area contributed by atoms with Crippen molar-refractivity contribution in [1.82, 2.24) is 9.88 Å². The Morgan fingerprint density at radius 2 is 2.04 bits per heavy atom. The van der Waals surface area contributed by atoms with Gasteiger partial charge in [0.25, 0.3) is 0 Å². The second-order valence-electron chi connectivity index (χ2n) is 6.73. The van der Waals surface area contributed by atoms with E-state index in [1.54, 1.807) is 12.1 Å². The maximum atomic E-state index is 13.4. The highest BCUT2D eigenvalue weighted by molar-refractivity contribution is 6.32. The van der Waals surface area contributed by atoms with Crippen molar-refractivity contribution in [2.75, 3.05) is 6.61 Å². The summed E-state index contributed by atoms with van der Waals surface area (Å²) in [4.78, 5) is 0. The lowest BCUT2D eigenvalue weighted by atomic mass is 10.1. The van der Waals surface area contributed by atoms with Crippen LogP contribution in [0.2, 0.25) is 5.02 Å². The van der Waals surface area contributed by atoms with Crippen molar-refractivity contribution < 1.29 is 9.13 Å². The fraction of sp³-hybridized carbons (Fsp3) is 0.263. The van der Waals surface area contributed by atoms with Crippen LogP contribution in [0.1, 0.15) is 18.4 Å². The summed E-state index contributed by atoms with van der Waals surface area (Å²) < 4.78 is 21.4. The van der Waals surface area contributed by atoms with Crippen molar-refractivity contribution in [1.29, 1.82) is 0 Å². The molecule has 2 aromatic carbocycles. The molecule has 3 nitrogen and oxygen atoms in total. The summed E-state index contributed by atoms with van der Waals surface area (Å²) in [6.45, 7) is 1.42. The molecule has 122 valence electrons. The molecule has 2 aliphatic rings. The second-order valence-corrected chi connectivity index (χ2v) is 7.13. The molecule has 1 aliphatic carbocycles. The number of benzene rings is 2. The van der Waals surface area contributed by atoms with Gasteiger partial charge in [0.15, 0.2) is 0 Å². The molecule has 1 saturated carbocycles. The average Bonchev–Trinajstić information content (AvgIpc) is 3.26. The van der Waals surface area contributed by atoms with Crippen LogP contribution in [0.15, 0.2) is 42.6 Å². The highest BCUT2D eigenvalue weighted by Gasteiger charge is 2.44. The van der Waals surface area contributed by atoms with Crippen LogP contribution >= 0.6 is 11.6 Å². The molecule has 0 amide bonds. The summed E-state index contributed by atoms with van der Waals surface area (Å²) in [5, 5.41) is 5.07. The Balaban J connectivity index is 1.61. The first kappa shape index (κ1) is 14.3. The van der Waals surface area contributed by atoms with Crippen LogP contribution in [0.4, 0.5) is 4.39 Å². The van der Waals surface area contributed by atoms with Crippen LogP contribution in [0.5, 0.6) is 5.75 Å². The topological polar surface area (TPSA) is 26.2 Å². The summed E-state index contributed by atoms with van der Waals surface area (Å²) in [7, 11) is 0. The van der Waals surface area contributed by atoms with Gasteiger partial charge >= 0.3 is 0 Å². The number of ether oxygens (including phenoxy) is 1. The van der Waals surface area contributed by atoms with E-state index in [-0.39, 0.29) is 11.4 Å². The maximum absolute atomic E-state index is 13.4. The summed E-state index contributed by atoms with van der Waals surface area (Å²) in [6.07, 6.45) is 4.24. The zero-order chi connectivity index (χ0) is 16.3. The zero-order valence-corrected chi connectivity index (χ0v) is 13.7. The Labute approximate surface area is 144 Å². The minimum absolute atomic E-state index is 0.139. The minimum atomic E-state index is -0.229. The molecule has 0 unspecified atom stereocenters. The fourth-order valence-corrected chi connectivity index (χ4v) is 3.71. The predicted octanol–water partition coefficient (Wildman–Crippen LogP) is 4.44. The number of fused-ring (bicyclic) bond motifs is 2. The number of nitrogens with zero attached hydrogens (tertiary/aromatic N) is 1. The Hall–Kier alpha value is -2.04. The first-order valence-corrected chi connectivity index (χ1v) is 8.49. The van der Waals surface area contributed by atoms with Crippen LogP contribution in [0.25, 0.3) is 16.6 Å². The van der Waals surface area contributed by atoms with E-state index in [4.69, 9.17) is 16.3 Å². The maximum Gasteiger partial charge on any atom is 0.142 e. The van der Waals surface area contributed by atoms with Gasteiger partial charge in [0, 0.05) is 29.4 Å². The van der Waals surface area contributed by atoms with Crippen molar-refractivity contribution in [2.24, 2.45) is 0 Å². The first-order valence-electron chi connectivity index (χ1n) is 8.11. The lowest BCUT2D eigenvalue weighted by Gasteiger charge is -2.13. The summed E-state index contributed by atoms with van der Waals surface area (Å²) >= 11 is 6.50. The van der Waals surface area contributed by atoms with E-state index in [9.17, 15) is 4.39 Å². The van der Waals surface area contributed by atoms with Crippen LogP contribution in [0, 0.1) is 5.82 Å². The standard InChI is InChI=1S/C19H16ClFN2O/c20-16-9-15(23-6-3-12-7-14(21)1-2-17(12)23)8-13-10-22-19(4-5-19)11-24-18(13)16/h1-3,6-9,22H,4-5,10-11H2. The molecule has 1 N–H and O–H groups in total. The third-order valence-corrected chi connectivity index (χ3v) is 5.32. The molecule has 0 bridgehead atoms. The number of hydrogen-bond donors (Lipinski definition) is 1. The Morgan fingerprint density at radius 1 is 1.17 bits per heavy atom. The number of hydrogen-bond acceptors (Lipinski definition) is 2. The van der Waals surface area contributed by atoms with Gasteiger partial charge in [0.1, 0.15) is 18.2 Å². The Kier molecular flexibility index (Phi) is 2.97. The SMILES string of the molecule is Fc1ccc2c(ccn2-c2cc(Cl)c3c(c2)CNC2(CC2)CO3)c1. The molecule has 1 spiro atoms. The first-order chi connectivity index (χ1) is 11.6. The van der Waals surface area contributed by atoms with Crippen LogP contribution in [-0.2, 0) is 6.54 Å². The van der Waals surface area contributed by atoms with Crippen molar-refractivity contribution in [3.05, 3.63) is 59.0 Å². The van der Waals surface area contributed by atoms with Gasteiger partial charge in [-0.15, -0.1) is 0 Å². The molecule has 1 aliphatic heterocycles. The zero-order valence-electron chi connectivity index (χ0n) is 13.0. The largest absolute Gasteiger partial charge is 0.490 e.